The minimum absolute atomic E-state index is 0.174. The van der Waals surface area contributed by atoms with E-state index < -0.39 is 63.5 Å². The average Bonchev–Trinajstić information content (AvgIpc) is 3.00. The molecule has 0 aliphatic carbocycles. The van der Waals surface area contributed by atoms with Gasteiger partial charge in [0.25, 0.3) is 0 Å². The van der Waals surface area contributed by atoms with E-state index in [4.69, 9.17) is 5.73 Å². The Kier molecular flexibility index (Phi) is 7.66. The number of amides is 2. The molecule has 0 aliphatic rings. The number of halogens is 3. The Morgan fingerprint density at radius 2 is 1.89 bits per heavy atom. The van der Waals surface area contributed by atoms with Crippen LogP contribution in [0.1, 0.15) is 36.8 Å². The highest BCUT2D eigenvalue weighted by atomic mass is 32.2. The summed E-state index contributed by atoms with van der Waals surface area (Å²) in [4.78, 5) is 38.1. The second kappa shape index (κ2) is 9.12. The summed E-state index contributed by atoms with van der Waals surface area (Å²) in [6, 6.07) is -1.70. The van der Waals surface area contributed by atoms with Gasteiger partial charge in [-0.3, -0.25) is 14.4 Å². The molecule has 0 unspecified atom stereocenters. The maximum Gasteiger partial charge on any atom is 0.471 e. The van der Waals surface area contributed by atoms with Crippen molar-refractivity contribution in [2.45, 2.75) is 32.5 Å². The number of Topliss-reactive ketones (excluding diaryl/α,β-unsaturated/α-hetero) is 1. The van der Waals surface area contributed by atoms with Crippen molar-refractivity contribution in [3.05, 3.63) is 18.1 Å². The van der Waals surface area contributed by atoms with E-state index in [2.05, 4.69) is 14.7 Å². The van der Waals surface area contributed by atoms with Crippen LogP contribution in [0.4, 0.5) is 13.2 Å². The van der Waals surface area contributed by atoms with Crippen molar-refractivity contribution in [3.8, 4) is 0 Å². The number of alkyl halides is 3. The molecule has 2 amide bonds. The van der Waals surface area contributed by atoms with Crippen LogP contribution in [0.5, 0.6) is 0 Å². The van der Waals surface area contributed by atoms with Crippen LogP contribution in [0.15, 0.2) is 4.52 Å². The molecule has 1 heterocycles. The number of carbonyl (C=O) groups is 3. The molecule has 1 aromatic heterocycles. The molecule has 157 valence electrons. The third-order valence-corrected chi connectivity index (χ3v) is 4.89. The van der Waals surface area contributed by atoms with Crippen molar-refractivity contribution in [2.75, 3.05) is 11.5 Å². The number of ketones is 1. The van der Waals surface area contributed by atoms with E-state index in [-0.39, 0.29) is 11.7 Å². The number of nitrogens with one attached hydrogen (secondary N) is 1. The molecule has 0 saturated carbocycles. The fraction of sp³-hybridized carbons (Fsp3) is 0.571. The Balaban J connectivity index is 2.85. The lowest BCUT2D eigenvalue weighted by molar-refractivity contribution is -0.159. The molecule has 0 spiro atoms. The molecule has 3 N–H and O–H groups in total. The maximum atomic E-state index is 12.5. The number of hydrogen-bond acceptors (Lipinski definition) is 8. The van der Waals surface area contributed by atoms with E-state index in [0.29, 0.717) is 0 Å². The molecule has 1 rings (SSSR count). The molecular formula is C14H18F3N4O6S. The topological polar surface area (TPSA) is 162 Å². The fourth-order valence-corrected chi connectivity index (χ4v) is 3.57. The first-order valence-corrected chi connectivity index (χ1v) is 9.61. The normalized spacial score (nSPS) is 13.4. The van der Waals surface area contributed by atoms with Gasteiger partial charge in [0.05, 0.1) is 24.3 Å². The van der Waals surface area contributed by atoms with Crippen molar-refractivity contribution < 1.29 is 40.5 Å². The molecule has 0 aliphatic heterocycles. The van der Waals surface area contributed by atoms with E-state index in [1.165, 1.54) is 0 Å². The van der Waals surface area contributed by atoms with Crippen molar-refractivity contribution in [3.63, 3.8) is 0 Å². The third kappa shape index (κ3) is 7.62. The van der Waals surface area contributed by atoms with Gasteiger partial charge in [0.2, 0.25) is 23.4 Å². The largest absolute Gasteiger partial charge is 0.471 e. The monoisotopic (exact) mass is 427 g/mol. The van der Waals surface area contributed by atoms with Crippen LogP contribution in [-0.4, -0.2) is 53.7 Å². The minimum Gasteiger partial charge on any atom is -0.370 e. The summed E-state index contributed by atoms with van der Waals surface area (Å²) in [6.45, 7) is 3.33. The van der Waals surface area contributed by atoms with Crippen LogP contribution in [-0.2, 0) is 25.6 Å². The van der Waals surface area contributed by atoms with Crippen LogP contribution >= 0.6 is 0 Å². The fourth-order valence-electron chi connectivity index (χ4n) is 2.01. The van der Waals surface area contributed by atoms with Gasteiger partial charge in [-0.2, -0.15) is 18.2 Å². The zero-order chi connectivity index (χ0) is 21.7. The van der Waals surface area contributed by atoms with Crippen LogP contribution in [0.3, 0.4) is 0 Å². The number of carbonyl (C=O) groups excluding carboxylic acids is 3. The first-order chi connectivity index (χ1) is 12.7. The van der Waals surface area contributed by atoms with Gasteiger partial charge in [0.1, 0.15) is 6.04 Å². The molecule has 10 nitrogen and oxygen atoms in total. The molecule has 0 saturated heterocycles. The molecule has 14 heteroatoms. The second-order valence-electron chi connectivity index (χ2n) is 6.19. The Labute approximate surface area is 157 Å². The highest BCUT2D eigenvalue weighted by molar-refractivity contribution is 7.91. The van der Waals surface area contributed by atoms with Crippen molar-refractivity contribution >= 4 is 27.4 Å². The van der Waals surface area contributed by atoms with E-state index in [1.807, 2.05) is 5.32 Å². The standard InChI is InChI=1S/C14H18F3N4O6S/c1-7(2)6-28(25,26)4-3-10(23)19-8(5-9(18)22)11(24)12-20-13(27-21-12)14(15,16)17/h3,7-8H,4-6H2,1-2H3,(H2,18,22)(H,19,23)/t8-/m0/s1. The summed E-state index contributed by atoms with van der Waals surface area (Å²) in [5, 5.41) is 4.88. The third-order valence-electron chi connectivity index (χ3n) is 3.04. The summed E-state index contributed by atoms with van der Waals surface area (Å²) in [6.07, 6.45) is -5.03. The predicted molar refractivity (Wildman–Crippen MR) is 87.2 cm³/mol. The summed E-state index contributed by atoms with van der Waals surface area (Å²) >= 11 is 0. The molecule has 1 radical (unpaired) electrons. The first kappa shape index (κ1) is 23.5. The quantitative estimate of drug-likeness (QED) is 0.489. The molecular weight excluding hydrogens is 409 g/mol. The van der Waals surface area contributed by atoms with Gasteiger partial charge in [-0.1, -0.05) is 19.0 Å². The van der Waals surface area contributed by atoms with Crippen LogP contribution in [0, 0.1) is 12.3 Å². The molecule has 1 atom stereocenters. The predicted octanol–water partition coefficient (Wildman–Crippen LogP) is -0.0936. The van der Waals surface area contributed by atoms with Gasteiger partial charge in [-0.05, 0) is 5.92 Å². The Morgan fingerprint density at radius 3 is 2.36 bits per heavy atom. The van der Waals surface area contributed by atoms with Crippen molar-refractivity contribution in [2.24, 2.45) is 11.7 Å². The SMILES string of the molecule is CC(C)CS(=O)(=O)C[CH]C(=O)N[C@@H](CC(N)=O)C(=O)c1noc(C(F)(F)F)n1. The number of hydrogen-bond donors (Lipinski definition) is 2. The molecule has 0 aromatic carbocycles. The van der Waals surface area contributed by atoms with Gasteiger partial charge in [-0.25, -0.2) is 8.42 Å². The summed E-state index contributed by atoms with van der Waals surface area (Å²) in [5.41, 5.74) is 4.96. The first-order valence-electron chi connectivity index (χ1n) is 7.79. The second-order valence-corrected chi connectivity index (χ2v) is 8.35. The van der Waals surface area contributed by atoms with Crippen molar-refractivity contribution in [1.29, 1.82) is 0 Å². The lowest BCUT2D eigenvalue weighted by atomic mass is 10.1. The van der Waals surface area contributed by atoms with Gasteiger partial charge < -0.3 is 15.6 Å². The number of sulfone groups is 1. The number of primary amides is 1. The number of aromatic nitrogens is 2. The zero-order valence-corrected chi connectivity index (χ0v) is 15.6. The van der Waals surface area contributed by atoms with Crippen LogP contribution in [0.25, 0.3) is 0 Å². The maximum absolute atomic E-state index is 12.5. The molecule has 0 fully saturated rings. The van der Waals surface area contributed by atoms with E-state index >= 15 is 0 Å². The lowest BCUT2D eigenvalue weighted by Crippen LogP contribution is -2.44. The van der Waals surface area contributed by atoms with Gasteiger partial charge in [-0.15, -0.1) is 0 Å². The zero-order valence-electron chi connectivity index (χ0n) is 14.8. The summed E-state index contributed by atoms with van der Waals surface area (Å²) in [7, 11) is -3.58. The highest BCUT2D eigenvalue weighted by Crippen LogP contribution is 2.27. The van der Waals surface area contributed by atoms with Crippen LogP contribution < -0.4 is 11.1 Å². The molecule has 28 heavy (non-hydrogen) atoms. The smallest absolute Gasteiger partial charge is 0.370 e. The number of rotatable bonds is 10. The number of nitrogens with two attached hydrogens (primary N) is 1. The Hall–Kier alpha value is -2.51. The molecule has 0 bridgehead atoms. The van der Waals surface area contributed by atoms with Crippen LogP contribution in [0.2, 0.25) is 0 Å². The van der Waals surface area contributed by atoms with E-state index in [9.17, 15) is 36.0 Å². The Morgan fingerprint density at radius 1 is 1.29 bits per heavy atom. The highest BCUT2D eigenvalue weighted by Gasteiger charge is 2.40. The van der Waals surface area contributed by atoms with Crippen molar-refractivity contribution in [1.82, 2.24) is 15.5 Å². The summed E-state index contributed by atoms with van der Waals surface area (Å²) in [5.74, 6) is -7.13. The van der Waals surface area contributed by atoms with Gasteiger partial charge in [0, 0.05) is 0 Å². The summed E-state index contributed by atoms with van der Waals surface area (Å²) < 4.78 is 64.9. The van der Waals surface area contributed by atoms with Gasteiger partial charge in [0.15, 0.2) is 9.84 Å². The van der Waals surface area contributed by atoms with E-state index in [0.717, 1.165) is 6.42 Å². The lowest BCUT2D eigenvalue weighted by Gasteiger charge is -2.14. The van der Waals surface area contributed by atoms with E-state index in [1.54, 1.807) is 13.8 Å². The average molecular weight is 427 g/mol. The Bertz CT molecular complexity index is 834. The number of nitrogens with zero attached hydrogens (tertiary/aromatic N) is 2. The minimum atomic E-state index is -4.99. The van der Waals surface area contributed by atoms with Gasteiger partial charge >= 0.3 is 12.1 Å². The molecule has 1 aromatic rings.